The molecule has 0 aromatic rings. The number of hydrogen-bond acceptors (Lipinski definition) is 7. The Morgan fingerprint density at radius 3 is 1.22 bits per heavy atom. The van der Waals surface area contributed by atoms with Gasteiger partial charge in [0.15, 0.2) is 0 Å². The van der Waals surface area contributed by atoms with Crippen molar-refractivity contribution in [3.63, 3.8) is 0 Å². The number of esters is 1. The number of rotatable bonds is 59. The van der Waals surface area contributed by atoms with E-state index in [1.54, 1.807) is 0 Å². The van der Waals surface area contributed by atoms with Gasteiger partial charge in [0.25, 0.3) is 7.82 Å². The maximum atomic E-state index is 13.5. The van der Waals surface area contributed by atoms with Gasteiger partial charge in [0.2, 0.25) is 5.91 Å². The van der Waals surface area contributed by atoms with Crippen LogP contribution in [-0.2, 0) is 27.9 Å². The van der Waals surface area contributed by atoms with Crippen molar-refractivity contribution in [1.82, 2.24) is 5.32 Å². The Balaban J connectivity index is 5.14. The minimum atomic E-state index is -4.70. The largest absolute Gasteiger partial charge is 0.756 e. The van der Waals surface area contributed by atoms with Crippen molar-refractivity contribution in [3.05, 3.63) is 60.8 Å². The molecule has 10 heteroatoms. The molecule has 3 atom stereocenters. The highest BCUT2D eigenvalue weighted by Gasteiger charge is 2.27. The van der Waals surface area contributed by atoms with Crippen LogP contribution in [0.3, 0.4) is 0 Å². The van der Waals surface area contributed by atoms with Gasteiger partial charge in [-0.1, -0.05) is 255 Å². The van der Waals surface area contributed by atoms with E-state index in [0.717, 1.165) is 77.0 Å². The normalized spacial score (nSPS) is 14.0. The Labute approximate surface area is 477 Å². The maximum Gasteiger partial charge on any atom is 0.306 e. The molecule has 0 heterocycles. The zero-order valence-corrected chi connectivity index (χ0v) is 52.3. The molecule has 0 saturated heterocycles. The number of ether oxygens (including phenoxy) is 1. The van der Waals surface area contributed by atoms with Gasteiger partial charge in [-0.15, -0.1) is 0 Å². The van der Waals surface area contributed by atoms with Gasteiger partial charge in [0.1, 0.15) is 19.3 Å². The number of unbranched alkanes of at least 4 members (excludes halogenated alkanes) is 35. The first-order chi connectivity index (χ1) is 37.4. The van der Waals surface area contributed by atoms with Crippen molar-refractivity contribution < 1.29 is 37.3 Å². The molecule has 0 fully saturated rings. The van der Waals surface area contributed by atoms with Crippen molar-refractivity contribution in [2.45, 2.75) is 315 Å². The number of likely N-dealkylation sites (N-methyl/N-ethyl adjacent to an activating group) is 1. The number of nitrogens with zero attached hydrogens (tertiary/aromatic N) is 1. The fraction of sp³-hybridized carbons (Fsp3) is 0.821. The number of nitrogens with one attached hydrogen (secondary N) is 1. The summed E-state index contributed by atoms with van der Waals surface area (Å²) in [6, 6.07) is -0.898. The molecule has 3 unspecified atom stereocenters. The van der Waals surface area contributed by atoms with Crippen LogP contribution in [0.1, 0.15) is 303 Å². The third-order valence-corrected chi connectivity index (χ3v) is 15.4. The fourth-order valence-electron chi connectivity index (χ4n) is 9.35. The van der Waals surface area contributed by atoms with Gasteiger partial charge in [-0.3, -0.25) is 14.2 Å². The van der Waals surface area contributed by atoms with E-state index in [-0.39, 0.29) is 24.9 Å². The Kier molecular flexibility index (Phi) is 55.3. The fourth-order valence-corrected chi connectivity index (χ4v) is 10.1. The van der Waals surface area contributed by atoms with Crippen LogP contribution in [0.5, 0.6) is 0 Å². The predicted octanol–water partition coefficient (Wildman–Crippen LogP) is 19.6. The Hall–Kier alpha value is -2.29. The minimum absolute atomic E-state index is 0.0266. The molecular formula is C67H125N2O7P. The summed E-state index contributed by atoms with van der Waals surface area (Å²) < 4.78 is 30.3. The zero-order valence-electron chi connectivity index (χ0n) is 51.4. The van der Waals surface area contributed by atoms with Crippen LogP contribution in [0.2, 0.25) is 0 Å². The molecule has 0 rings (SSSR count). The van der Waals surface area contributed by atoms with Gasteiger partial charge in [-0.2, -0.15) is 0 Å². The van der Waals surface area contributed by atoms with E-state index in [4.69, 9.17) is 13.8 Å². The SMILES string of the molecule is CCCCC/C=C\C/C=C\C/C=C\CCCCCCC(=O)OC(/C=C\CCCCCCCCCCC)C(COP(=O)([O-])OCC[N+](C)(C)C)NC(=O)CCCCCCCCCCCCCCC/C=C/CCCCCCCC. The Morgan fingerprint density at radius 1 is 0.455 bits per heavy atom. The van der Waals surface area contributed by atoms with E-state index in [2.05, 4.69) is 74.7 Å². The lowest BCUT2D eigenvalue weighted by molar-refractivity contribution is -0.870. The van der Waals surface area contributed by atoms with Crippen molar-refractivity contribution in [2.75, 3.05) is 40.9 Å². The van der Waals surface area contributed by atoms with Gasteiger partial charge >= 0.3 is 5.97 Å². The topological polar surface area (TPSA) is 114 Å². The first-order valence-electron chi connectivity index (χ1n) is 32.6. The number of phosphoric ester groups is 1. The van der Waals surface area contributed by atoms with Gasteiger partial charge in [0, 0.05) is 12.8 Å². The summed E-state index contributed by atoms with van der Waals surface area (Å²) in [4.78, 5) is 40.0. The van der Waals surface area contributed by atoms with Gasteiger partial charge in [-0.25, -0.2) is 0 Å². The highest BCUT2D eigenvalue weighted by Crippen LogP contribution is 2.38. The van der Waals surface area contributed by atoms with E-state index >= 15 is 0 Å². The summed E-state index contributed by atoms with van der Waals surface area (Å²) in [5.74, 6) is -0.560. The molecule has 77 heavy (non-hydrogen) atoms. The molecule has 0 saturated carbocycles. The quantitative estimate of drug-likeness (QED) is 0.0212. The smallest absolute Gasteiger partial charge is 0.306 e. The second-order valence-corrected chi connectivity index (χ2v) is 24.7. The van der Waals surface area contributed by atoms with Crippen molar-refractivity contribution in [1.29, 1.82) is 0 Å². The third-order valence-electron chi connectivity index (χ3n) is 14.4. The second kappa shape index (κ2) is 57.0. The summed E-state index contributed by atoms with van der Waals surface area (Å²) in [6.07, 6.45) is 71.9. The monoisotopic (exact) mass is 1100 g/mol. The summed E-state index contributed by atoms with van der Waals surface area (Å²) in [7, 11) is 1.17. The third kappa shape index (κ3) is 58.2. The number of phosphoric acid groups is 1. The number of allylic oxidation sites excluding steroid dienone is 9. The lowest BCUT2D eigenvalue weighted by Crippen LogP contribution is -2.47. The molecule has 0 aromatic heterocycles. The number of carbonyl (C=O) groups excluding carboxylic acids is 2. The van der Waals surface area contributed by atoms with Crippen LogP contribution < -0.4 is 10.2 Å². The van der Waals surface area contributed by atoms with E-state index in [9.17, 15) is 19.0 Å². The van der Waals surface area contributed by atoms with Crippen molar-refractivity contribution in [2.24, 2.45) is 0 Å². The molecule has 450 valence electrons. The van der Waals surface area contributed by atoms with Gasteiger partial charge in [-0.05, 0) is 96.0 Å². The summed E-state index contributed by atoms with van der Waals surface area (Å²) in [6.45, 7) is 6.81. The number of carbonyl (C=O) groups is 2. The molecule has 0 aliphatic carbocycles. The average molecular weight is 1100 g/mol. The van der Waals surface area contributed by atoms with Crippen molar-refractivity contribution >= 4 is 19.7 Å². The summed E-state index contributed by atoms with van der Waals surface area (Å²) >= 11 is 0. The van der Waals surface area contributed by atoms with Crippen molar-refractivity contribution in [3.8, 4) is 0 Å². The first kappa shape index (κ1) is 74.7. The molecule has 0 aromatic carbocycles. The molecule has 1 N–H and O–H groups in total. The zero-order chi connectivity index (χ0) is 56.4. The maximum absolute atomic E-state index is 13.5. The molecule has 0 bridgehead atoms. The lowest BCUT2D eigenvalue weighted by Gasteiger charge is -2.30. The van der Waals surface area contributed by atoms with Crippen LogP contribution in [-0.4, -0.2) is 69.4 Å². The highest BCUT2D eigenvalue weighted by molar-refractivity contribution is 7.45. The first-order valence-corrected chi connectivity index (χ1v) is 34.1. The molecular weight excluding hydrogens is 976 g/mol. The molecule has 9 nitrogen and oxygen atoms in total. The Morgan fingerprint density at radius 2 is 0.792 bits per heavy atom. The average Bonchev–Trinajstić information content (AvgIpc) is 3.39. The van der Waals surface area contributed by atoms with Crippen LogP contribution in [0, 0.1) is 0 Å². The van der Waals surface area contributed by atoms with Crippen LogP contribution in [0.15, 0.2) is 60.8 Å². The summed E-state index contributed by atoms with van der Waals surface area (Å²) in [5.41, 5.74) is 0. The van der Waals surface area contributed by atoms with Gasteiger partial charge < -0.3 is 28.5 Å². The number of hydrogen-bond donors (Lipinski definition) is 1. The highest BCUT2D eigenvalue weighted by atomic mass is 31.2. The van der Waals surface area contributed by atoms with E-state index < -0.39 is 26.6 Å². The second-order valence-electron chi connectivity index (χ2n) is 23.3. The van der Waals surface area contributed by atoms with E-state index in [1.807, 2.05) is 33.3 Å². The van der Waals surface area contributed by atoms with E-state index in [1.165, 1.54) is 186 Å². The molecule has 0 spiro atoms. The van der Waals surface area contributed by atoms with Crippen LogP contribution >= 0.6 is 7.82 Å². The standard InChI is InChI=1S/C67H125N2O7P/c1-7-10-13-16-19-22-25-27-29-31-32-33-34-35-36-38-39-41-44-47-50-53-56-59-66(70)68-64(63-75-77(72,73)74-62-61-69(4,5)6)65(58-55-52-49-46-43-24-21-18-15-12-9-3)76-67(71)60-57-54-51-48-45-42-40-37-30-28-26-23-20-17-14-11-8-2/h20,23,27-30,40,42,55,58,64-65H,7-19,21-22,24-26,31-39,41,43-54,56-57,59-63H2,1-6H3,(H-,68,70,72,73)/b23-20-,29-27+,30-28-,42-40-,58-55-. The Bertz CT molecular complexity index is 1500. The molecule has 0 aliphatic rings. The summed E-state index contributed by atoms with van der Waals surface area (Å²) in [5, 5.41) is 3.03. The molecule has 1 amide bonds. The lowest BCUT2D eigenvalue weighted by atomic mass is 10.0. The van der Waals surface area contributed by atoms with Crippen LogP contribution in [0.25, 0.3) is 0 Å². The van der Waals surface area contributed by atoms with Crippen LogP contribution in [0.4, 0.5) is 0 Å². The molecule has 0 radical (unpaired) electrons. The number of quaternary nitrogens is 1. The molecule has 0 aliphatic heterocycles. The minimum Gasteiger partial charge on any atom is -0.756 e. The van der Waals surface area contributed by atoms with E-state index in [0.29, 0.717) is 23.9 Å². The predicted molar refractivity (Wildman–Crippen MR) is 330 cm³/mol. The number of amides is 1. The van der Waals surface area contributed by atoms with Gasteiger partial charge in [0.05, 0.1) is 33.8 Å².